The van der Waals surface area contributed by atoms with Crippen LogP contribution in [0.3, 0.4) is 0 Å². The zero-order valence-electron chi connectivity index (χ0n) is 11.7. The summed E-state index contributed by atoms with van der Waals surface area (Å²) >= 11 is 1.88. The predicted octanol–water partition coefficient (Wildman–Crippen LogP) is 2.96. The van der Waals surface area contributed by atoms with Crippen LogP contribution in [0.5, 0.6) is 0 Å². The van der Waals surface area contributed by atoms with Gasteiger partial charge in [-0.15, -0.1) is 11.3 Å². The Labute approximate surface area is 114 Å². The fraction of sp³-hybridized carbons (Fsp3) is 0.786. The maximum atomic E-state index is 5.58. The van der Waals surface area contributed by atoms with Gasteiger partial charge in [0.25, 0.3) is 0 Å². The van der Waals surface area contributed by atoms with Gasteiger partial charge in [-0.05, 0) is 32.2 Å². The third-order valence-electron chi connectivity index (χ3n) is 3.24. The molecule has 0 amide bonds. The van der Waals surface area contributed by atoms with Crippen LogP contribution in [0.15, 0.2) is 0 Å². The van der Waals surface area contributed by atoms with Crippen molar-refractivity contribution < 1.29 is 4.74 Å². The highest BCUT2D eigenvalue weighted by atomic mass is 32.1. The minimum atomic E-state index is 0.528. The second kappa shape index (κ2) is 6.64. The van der Waals surface area contributed by atoms with Crippen LogP contribution < -0.4 is 5.32 Å². The van der Waals surface area contributed by atoms with E-state index in [1.807, 2.05) is 18.4 Å². The number of ether oxygens (including phenoxy) is 1. The maximum absolute atomic E-state index is 5.58. The third kappa shape index (κ3) is 3.53. The quantitative estimate of drug-likeness (QED) is 0.891. The van der Waals surface area contributed by atoms with Crippen molar-refractivity contribution in [2.24, 2.45) is 5.92 Å². The number of nitrogens with zero attached hydrogens (tertiary/aromatic N) is 1. The molecule has 2 rings (SSSR count). The van der Waals surface area contributed by atoms with Crippen molar-refractivity contribution in [3.05, 3.63) is 15.6 Å². The summed E-state index contributed by atoms with van der Waals surface area (Å²) in [4.78, 5) is 6.30. The first-order chi connectivity index (χ1) is 8.70. The van der Waals surface area contributed by atoms with Gasteiger partial charge in [0.05, 0.1) is 17.3 Å². The number of thiazole rings is 1. The van der Waals surface area contributed by atoms with Gasteiger partial charge in [0, 0.05) is 23.9 Å². The topological polar surface area (TPSA) is 34.1 Å². The summed E-state index contributed by atoms with van der Waals surface area (Å²) in [6, 6.07) is 0. The van der Waals surface area contributed by atoms with Crippen molar-refractivity contribution in [3.8, 4) is 0 Å². The number of hydrogen-bond donors (Lipinski definition) is 1. The number of rotatable bonds is 5. The number of hydrogen-bond acceptors (Lipinski definition) is 4. The smallest absolute Gasteiger partial charge is 0.0985 e. The molecule has 0 spiro atoms. The summed E-state index contributed by atoms with van der Waals surface area (Å²) < 4.78 is 5.58. The highest BCUT2D eigenvalue weighted by Crippen LogP contribution is 2.31. The summed E-state index contributed by atoms with van der Waals surface area (Å²) in [5.41, 5.74) is 1.30. The lowest BCUT2D eigenvalue weighted by Gasteiger charge is -2.19. The van der Waals surface area contributed by atoms with Gasteiger partial charge in [-0.1, -0.05) is 13.8 Å². The van der Waals surface area contributed by atoms with E-state index >= 15 is 0 Å². The second-order valence-electron chi connectivity index (χ2n) is 5.46. The molecule has 3 nitrogen and oxygen atoms in total. The molecular formula is C14H24N2OS. The van der Waals surface area contributed by atoms with Gasteiger partial charge in [-0.2, -0.15) is 0 Å². The largest absolute Gasteiger partial charge is 0.381 e. The van der Waals surface area contributed by atoms with Gasteiger partial charge in [-0.3, -0.25) is 0 Å². The standard InChI is InChI=1S/C14H24N2OS/c1-10(2)7-12-13(8-15-3)18-14(16-12)11-5-4-6-17-9-11/h10-11,15H,4-9H2,1-3H3. The predicted molar refractivity (Wildman–Crippen MR) is 76.2 cm³/mol. The minimum absolute atomic E-state index is 0.528. The fourth-order valence-electron chi connectivity index (χ4n) is 2.36. The molecule has 1 aromatic heterocycles. The lowest BCUT2D eigenvalue weighted by molar-refractivity contribution is 0.0803. The monoisotopic (exact) mass is 268 g/mol. The van der Waals surface area contributed by atoms with Crippen LogP contribution in [-0.2, 0) is 17.7 Å². The molecule has 0 aromatic carbocycles. The molecular weight excluding hydrogens is 244 g/mol. The first-order valence-electron chi connectivity index (χ1n) is 6.91. The first-order valence-corrected chi connectivity index (χ1v) is 7.73. The Morgan fingerprint density at radius 2 is 2.33 bits per heavy atom. The van der Waals surface area contributed by atoms with E-state index in [1.54, 1.807) is 0 Å². The Kier molecular flexibility index (Phi) is 5.15. The van der Waals surface area contributed by atoms with Crippen molar-refractivity contribution in [3.63, 3.8) is 0 Å². The molecule has 1 atom stereocenters. The molecule has 1 fully saturated rings. The molecule has 4 heteroatoms. The van der Waals surface area contributed by atoms with E-state index in [4.69, 9.17) is 9.72 Å². The maximum Gasteiger partial charge on any atom is 0.0985 e. The van der Waals surface area contributed by atoms with Crippen LogP contribution in [0.2, 0.25) is 0 Å². The van der Waals surface area contributed by atoms with E-state index in [9.17, 15) is 0 Å². The molecule has 1 aliphatic heterocycles. The second-order valence-corrected chi connectivity index (χ2v) is 6.58. The van der Waals surface area contributed by atoms with Gasteiger partial charge in [0.1, 0.15) is 0 Å². The van der Waals surface area contributed by atoms with E-state index < -0.39 is 0 Å². The molecule has 1 aromatic rings. The molecule has 102 valence electrons. The highest BCUT2D eigenvalue weighted by Gasteiger charge is 2.21. The van der Waals surface area contributed by atoms with Gasteiger partial charge in [0.2, 0.25) is 0 Å². The number of aromatic nitrogens is 1. The zero-order valence-corrected chi connectivity index (χ0v) is 12.5. The minimum Gasteiger partial charge on any atom is -0.381 e. The molecule has 0 aliphatic carbocycles. The van der Waals surface area contributed by atoms with Crippen LogP contribution in [0.4, 0.5) is 0 Å². The van der Waals surface area contributed by atoms with Gasteiger partial charge in [0.15, 0.2) is 0 Å². The van der Waals surface area contributed by atoms with Crippen LogP contribution in [0.1, 0.15) is 48.2 Å². The normalized spacial score (nSPS) is 20.6. The number of nitrogens with one attached hydrogen (secondary N) is 1. The molecule has 18 heavy (non-hydrogen) atoms. The average Bonchev–Trinajstić information content (AvgIpc) is 2.73. The van der Waals surface area contributed by atoms with Crippen LogP contribution in [0, 0.1) is 5.92 Å². The van der Waals surface area contributed by atoms with E-state index in [0.29, 0.717) is 11.8 Å². The van der Waals surface area contributed by atoms with Gasteiger partial charge in [-0.25, -0.2) is 4.98 Å². The van der Waals surface area contributed by atoms with E-state index in [-0.39, 0.29) is 0 Å². The Morgan fingerprint density at radius 1 is 1.50 bits per heavy atom. The highest BCUT2D eigenvalue weighted by molar-refractivity contribution is 7.11. The van der Waals surface area contributed by atoms with Crippen LogP contribution in [0.25, 0.3) is 0 Å². The van der Waals surface area contributed by atoms with E-state index in [0.717, 1.165) is 26.2 Å². The summed E-state index contributed by atoms with van der Waals surface area (Å²) in [6.45, 7) is 7.23. The molecule has 0 bridgehead atoms. The van der Waals surface area contributed by atoms with Crippen molar-refractivity contribution in [2.75, 3.05) is 20.3 Å². The summed E-state index contributed by atoms with van der Waals surface area (Å²) in [6.07, 6.45) is 3.49. The van der Waals surface area contributed by atoms with Crippen LogP contribution >= 0.6 is 11.3 Å². The van der Waals surface area contributed by atoms with Crippen molar-refractivity contribution >= 4 is 11.3 Å². The van der Waals surface area contributed by atoms with E-state index in [1.165, 1.54) is 28.4 Å². The molecule has 1 N–H and O–H groups in total. The summed E-state index contributed by atoms with van der Waals surface area (Å²) in [7, 11) is 2.00. The van der Waals surface area contributed by atoms with E-state index in [2.05, 4.69) is 19.2 Å². The Bertz CT molecular complexity index is 370. The lowest BCUT2D eigenvalue weighted by Crippen LogP contribution is -2.15. The molecule has 0 saturated carbocycles. The third-order valence-corrected chi connectivity index (χ3v) is 4.50. The Balaban J connectivity index is 2.14. The average molecular weight is 268 g/mol. The molecule has 2 heterocycles. The first kappa shape index (κ1) is 14.0. The zero-order chi connectivity index (χ0) is 13.0. The SMILES string of the molecule is CNCc1sc(C2CCCOC2)nc1CC(C)C. The molecule has 1 unspecified atom stereocenters. The molecule has 1 aliphatic rings. The van der Waals surface area contributed by atoms with Crippen molar-refractivity contribution in [2.45, 2.75) is 45.6 Å². The lowest BCUT2D eigenvalue weighted by atomic mass is 10.0. The van der Waals surface area contributed by atoms with Gasteiger partial charge < -0.3 is 10.1 Å². The van der Waals surface area contributed by atoms with Crippen molar-refractivity contribution in [1.82, 2.24) is 10.3 Å². The molecule has 0 radical (unpaired) electrons. The molecule has 1 saturated heterocycles. The van der Waals surface area contributed by atoms with Crippen LogP contribution in [-0.4, -0.2) is 25.2 Å². The summed E-state index contributed by atoms with van der Waals surface area (Å²) in [5, 5.41) is 4.54. The fourth-order valence-corrected chi connectivity index (χ4v) is 3.58. The van der Waals surface area contributed by atoms with Crippen molar-refractivity contribution in [1.29, 1.82) is 0 Å². The Hall–Kier alpha value is -0.450. The van der Waals surface area contributed by atoms with Gasteiger partial charge >= 0.3 is 0 Å². The summed E-state index contributed by atoms with van der Waals surface area (Å²) in [5.74, 6) is 1.19. The Morgan fingerprint density at radius 3 is 2.94 bits per heavy atom.